The van der Waals surface area contributed by atoms with Gasteiger partial charge in [-0.3, -0.25) is 4.90 Å². The molecule has 1 aliphatic heterocycles. The fraction of sp³-hybridized carbons (Fsp3) is 0.400. The molecule has 0 bridgehead atoms. The summed E-state index contributed by atoms with van der Waals surface area (Å²) in [6.07, 6.45) is 1.71. The maximum Gasteiger partial charge on any atom is 0.165 e. The lowest BCUT2D eigenvalue weighted by Gasteiger charge is -2.41. The molecule has 2 aliphatic rings. The number of nitrogens with zero attached hydrogens (tertiary/aromatic N) is 1. The smallest absolute Gasteiger partial charge is 0.165 e. The summed E-state index contributed by atoms with van der Waals surface area (Å²) < 4.78 is 5.30. The number of benzene rings is 2. The minimum absolute atomic E-state index is 0.110. The van der Waals surface area contributed by atoms with Crippen LogP contribution in [0, 0.1) is 0 Å². The zero-order valence-corrected chi connectivity index (χ0v) is 14.5. The normalized spacial score (nSPS) is 18.6. The van der Waals surface area contributed by atoms with Gasteiger partial charge in [-0.05, 0) is 59.3 Å². The summed E-state index contributed by atoms with van der Waals surface area (Å²) in [5, 5.41) is 30.7. The molecule has 0 amide bonds. The van der Waals surface area contributed by atoms with Crippen LogP contribution in [0.25, 0.3) is 11.1 Å². The topological polar surface area (TPSA) is 73.2 Å². The number of phenolic OH excluding ortho intramolecular Hbond substituents is 1. The van der Waals surface area contributed by atoms with Crippen LogP contribution in [0.4, 0.5) is 0 Å². The van der Waals surface area contributed by atoms with Crippen LogP contribution >= 0.6 is 0 Å². The fourth-order valence-electron chi connectivity index (χ4n) is 4.42. The molecule has 132 valence electrons. The molecule has 3 N–H and O–H groups in total. The molecule has 0 unspecified atom stereocenters. The van der Waals surface area contributed by atoms with Gasteiger partial charge in [0, 0.05) is 18.2 Å². The van der Waals surface area contributed by atoms with Crippen LogP contribution in [-0.2, 0) is 26.1 Å². The van der Waals surface area contributed by atoms with Gasteiger partial charge in [0.15, 0.2) is 11.5 Å². The molecule has 1 aliphatic carbocycles. The molecule has 0 saturated carbocycles. The van der Waals surface area contributed by atoms with E-state index in [0.717, 1.165) is 41.6 Å². The zero-order valence-electron chi connectivity index (χ0n) is 14.5. The van der Waals surface area contributed by atoms with Crippen molar-refractivity contribution in [1.82, 2.24) is 4.90 Å². The molecule has 0 saturated heterocycles. The SMILES string of the molecule is COc1ccc2c(c1O)-c1c(CO)c(CO)cc3c1[C@H](C2)N(C)CC3. The molecule has 2 aromatic rings. The van der Waals surface area contributed by atoms with Crippen molar-refractivity contribution < 1.29 is 20.1 Å². The Bertz CT molecular complexity index is 846. The number of ether oxygens (including phenoxy) is 1. The van der Waals surface area contributed by atoms with E-state index in [1.807, 2.05) is 12.1 Å². The van der Waals surface area contributed by atoms with Gasteiger partial charge in [0.1, 0.15) is 0 Å². The Morgan fingerprint density at radius 2 is 1.96 bits per heavy atom. The van der Waals surface area contributed by atoms with Crippen molar-refractivity contribution in [3.8, 4) is 22.6 Å². The van der Waals surface area contributed by atoms with E-state index >= 15 is 0 Å². The second-order valence-electron chi connectivity index (χ2n) is 6.88. The fourth-order valence-corrected chi connectivity index (χ4v) is 4.42. The third-order valence-electron chi connectivity index (χ3n) is 5.69. The van der Waals surface area contributed by atoms with Crippen molar-refractivity contribution in [2.24, 2.45) is 0 Å². The van der Waals surface area contributed by atoms with Crippen LogP contribution in [0.2, 0.25) is 0 Å². The molecule has 1 heterocycles. The maximum absolute atomic E-state index is 10.8. The summed E-state index contributed by atoms with van der Waals surface area (Å²) in [4.78, 5) is 2.33. The number of phenols is 1. The summed E-state index contributed by atoms with van der Waals surface area (Å²) in [5.41, 5.74) is 6.46. The monoisotopic (exact) mass is 341 g/mol. The minimum Gasteiger partial charge on any atom is -0.504 e. The Hall–Kier alpha value is -2.08. The minimum atomic E-state index is -0.176. The number of hydrogen-bond acceptors (Lipinski definition) is 5. The predicted octanol–water partition coefficient (Wildman–Crippen LogP) is 2.14. The van der Waals surface area contributed by atoms with E-state index in [1.54, 1.807) is 6.07 Å². The van der Waals surface area contributed by atoms with Gasteiger partial charge in [0.25, 0.3) is 0 Å². The van der Waals surface area contributed by atoms with Gasteiger partial charge in [-0.1, -0.05) is 12.1 Å². The van der Waals surface area contributed by atoms with Crippen LogP contribution in [-0.4, -0.2) is 40.9 Å². The van der Waals surface area contributed by atoms with Crippen LogP contribution in [0.1, 0.15) is 33.9 Å². The second kappa shape index (κ2) is 6.02. The van der Waals surface area contributed by atoms with E-state index in [9.17, 15) is 15.3 Å². The van der Waals surface area contributed by atoms with Crippen molar-refractivity contribution in [2.45, 2.75) is 32.1 Å². The second-order valence-corrected chi connectivity index (χ2v) is 6.88. The predicted molar refractivity (Wildman–Crippen MR) is 94.7 cm³/mol. The van der Waals surface area contributed by atoms with Gasteiger partial charge in [-0.25, -0.2) is 0 Å². The molecule has 0 radical (unpaired) electrons. The van der Waals surface area contributed by atoms with E-state index < -0.39 is 0 Å². The highest BCUT2D eigenvalue weighted by molar-refractivity contribution is 5.85. The molecular weight excluding hydrogens is 318 g/mol. The Labute approximate surface area is 147 Å². The van der Waals surface area contributed by atoms with Crippen LogP contribution in [0.5, 0.6) is 11.5 Å². The van der Waals surface area contributed by atoms with Crippen LogP contribution < -0.4 is 4.74 Å². The summed E-state index contributed by atoms with van der Waals surface area (Å²) in [6.45, 7) is 0.652. The third kappa shape index (κ3) is 2.27. The first-order valence-corrected chi connectivity index (χ1v) is 8.59. The van der Waals surface area contributed by atoms with Crippen molar-refractivity contribution in [2.75, 3.05) is 20.7 Å². The third-order valence-corrected chi connectivity index (χ3v) is 5.69. The zero-order chi connectivity index (χ0) is 17.7. The van der Waals surface area contributed by atoms with E-state index in [0.29, 0.717) is 11.3 Å². The Morgan fingerprint density at radius 1 is 1.16 bits per heavy atom. The molecule has 25 heavy (non-hydrogen) atoms. The molecule has 0 fully saturated rings. The maximum atomic E-state index is 10.8. The first-order valence-electron chi connectivity index (χ1n) is 8.59. The van der Waals surface area contributed by atoms with Crippen molar-refractivity contribution >= 4 is 0 Å². The molecule has 2 aromatic carbocycles. The average Bonchev–Trinajstić information content (AvgIpc) is 2.63. The van der Waals surface area contributed by atoms with E-state index in [-0.39, 0.29) is 25.0 Å². The summed E-state index contributed by atoms with van der Waals surface area (Å²) in [5.74, 6) is 0.534. The average molecular weight is 341 g/mol. The first-order chi connectivity index (χ1) is 12.1. The molecule has 1 atom stereocenters. The summed E-state index contributed by atoms with van der Waals surface area (Å²) >= 11 is 0. The molecule has 5 heteroatoms. The number of aliphatic hydroxyl groups excluding tert-OH is 2. The number of hydrogen-bond donors (Lipinski definition) is 3. The van der Waals surface area contributed by atoms with Crippen LogP contribution in [0.3, 0.4) is 0 Å². The Balaban J connectivity index is 2.11. The summed E-state index contributed by atoms with van der Waals surface area (Å²) in [6, 6.07) is 6.02. The van der Waals surface area contributed by atoms with Gasteiger partial charge < -0.3 is 20.1 Å². The largest absolute Gasteiger partial charge is 0.504 e. The van der Waals surface area contributed by atoms with E-state index in [1.165, 1.54) is 18.2 Å². The highest BCUT2D eigenvalue weighted by Gasteiger charge is 2.36. The number of fused-ring (bicyclic) bond motifs is 2. The van der Waals surface area contributed by atoms with Gasteiger partial charge >= 0.3 is 0 Å². The first kappa shape index (κ1) is 16.4. The standard InChI is InChI=1S/C20H23NO4/c1-21-6-5-12-7-13(9-22)14(10-23)19-17(12)15(21)8-11-3-4-16(25-2)20(24)18(11)19/h3-4,7,15,22-24H,5-6,8-10H2,1-2H3/t15-/m0/s1. The lowest BCUT2D eigenvalue weighted by atomic mass is 9.74. The van der Waals surface area contributed by atoms with Gasteiger partial charge in [0.05, 0.1) is 20.3 Å². The number of methoxy groups -OCH3 is 1. The van der Waals surface area contributed by atoms with Crippen molar-refractivity contribution in [1.29, 1.82) is 0 Å². The number of rotatable bonds is 3. The van der Waals surface area contributed by atoms with Gasteiger partial charge in [-0.2, -0.15) is 0 Å². The van der Waals surface area contributed by atoms with Gasteiger partial charge in [-0.15, -0.1) is 0 Å². The van der Waals surface area contributed by atoms with E-state index in [4.69, 9.17) is 4.74 Å². The Morgan fingerprint density at radius 3 is 2.64 bits per heavy atom. The lowest BCUT2D eigenvalue weighted by molar-refractivity contribution is 0.225. The van der Waals surface area contributed by atoms with Gasteiger partial charge in [0.2, 0.25) is 0 Å². The highest BCUT2D eigenvalue weighted by atomic mass is 16.5. The highest BCUT2D eigenvalue weighted by Crippen LogP contribution is 2.52. The number of likely N-dealkylation sites (N-methyl/N-ethyl adjacent to an activating group) is 1. The molecular formula is C20H23NO4. The Kier molecular flexibility index (Phi) is 3.95. The van der Waals surface area contributed by atoms with Crippen LogP contribution in [0.15, 0.2) is 18.2 Å². The quantitative estimate of drug-likeness (QED) is 0.798. The lowest BCUT2D eigenvalue weighted by Crippen LogP contribution is -2.36. The molecule has 4 rings (SSSR count). The number of aliphatic hydroxyl groups is 2. The molecule has 0 aromatic heterocycles. The van der Waals surface area contributed by atoms with Crippen molar-refractivity contribution in [3.05, 3.63) is 46.0 Å². The van der Waals surface area contributed by atoms with Crippen molar-refractivity contribution in [3.63, 3.8) is 0 Å². The number of aromatic hydroxyl groups is 1. The summed E-state index contributed by atoms with van der Waals surface area (Å²) in [7, 11) is 3.65. The molecule has 0 spiro atoms. The van der Waals surface area contributed by atoms with E-state index in [2.05, 4.69) is 11.9 Å². The molecule has 5 nitrogen and oxygen atoms in total.